The van der Waals surface area contributed by atoms with Crippen LogP contribution in [0.1, 0.15) is 38.8 Å². The van der Waals surface area contributed by atoms with Crippen molar-refractivity contribution in [1.29, 1.82) is 0 Å². The zero-order valence-electron chi connectivity index (χ0n) is 12.6. The van der Waals surface area contributed by atoms with Crippen molar-refractivity contribution in [3.63, 3.8) is 0 Å². The van der Waals surface area contributed by atoms with Crippen molar-refractivity contribution in [3.8, 4) is 0 Å². The predicted octanol–water partition coefficient (Wildman–Crippen LogP) is 3.27. The molecule has 1 atom stereocenters. The molecule has 0 aliphatic carbocycles. The SMILES string of the molecule is COCCC(C)(C)C(=O)N(C)[C@@H](C)c1ccccc1. The molecular formula is C16H25NO2. The molecule has 0 radical (unpaired) electrons. The van der Waals surface area contributed by atoms with Gasteiger partial charge in [-0.2, -0.15) is 0 Å². The lowest BCUT2D eigenvalue weighted by Crippen LogP contribution is -2.40. The summed E-state index contributed by atoms with van der Waals surface area (Å²) in [5.41, 5.74) is 0.759. The lowest BCUT2D eigenvalue weighted by atomic mass is 9.87. The van der Waals surface area contributed by atoms with Crippen LogP contribution in [0, 0.1) is 5.41 Å². The van der Waals surface area contributed by atoms with Gasteiger partial charge in [0.2, 0.25) is 5.91 Å². The topological polar surface area (TPSA) is 29.5 Å². The van der Waals surface area contributed by atoms with Gasteiger partial charge >= 0.3 is 0 Å². The molecule has 0 saturated carbocycles. The number of rotatable bonds is 6. The fourth-order valence-corrected chi connectivity index (χ4v) is 2.07. The van der Waals surface area contributed by atoms with Crippen LogP contribution in [0.15, 0.2) is 30.3 Å². The van der Waals surface area contributed by atoms with E-state index in [9.17, 15) is 4.79 Å². The van der Waals surface area contributed by atoms with Crippen molar-refractivity contribution in [2.75, 3.05) is 20.8 Å². The van der Waals surface area contributed by atoms with Crippen LogP contribution in [0.25, 0.3) is 0 Å². The molecule has 0 saturated heterocycles. The van der Waals surface area contributed by atoms with Gasteiger partial charge in [-0.3, -0.25) is 4.79 Å². The Bertz CT molecular complexity index is 400. The van der Waals surface area contributed by atoms with E-state index < -0.39 is 5.41 Å². The van der Waals surface area contributed by atoms with Gasteiger partial charge in [-0.05, 0) is 18.9 Å². The molecular weight excluding hydrogens is 238 g/mol. The summed E-state index contributed by atoms with van der Waals surface area (Å²) in [5.74, 6) is 0.154. The standard InChI is InChI=1S/C16H25NO2/c1-13(14-9-7-6-8-10-14)17(4)15(18)16(2,3)11-12-19-5/h6-10,13H,11-12H2,1-5H3/t13-/m0/s1. The molecule has 106 valence electrons. The molecule has 0 unspecified atom stereocenters. The maximum atomic E-state index is 12.6. The van der Waals surface area contributed by atoms with E-state index >= 15 is 0 Å². The van der Waals surface area contributed by atoms with Crippen molar-refractivity contribution in [1.82, 2.24) is 4.90 Å². The summed E-state index contributed by atoms with van der Waals surface area (Å²) in [6.07, 6.45) is 0.730. The average molecular weight is 263 g/mol. The largest absolute Gasteiger partial charge is 0.385 e. The Hall–Kier alpha value is -1.35. The summed E-state index contributed by atoms with van der Waals surface area (Å²) in [6.45, 7) is 6.61. The number of hydrogen-bond donors (Lipinski definition) is 0. The van der Waals surface area contributed by atoms with Crippen molar-refractivity contribution < 1.29 is 9.53 Å². The number of carbonyl (C=O) groups excluding carboxylic acids is 1. The zero-order valence-corrected chi connectivity index (χ0v) is 12.6. The first kappa shape index (κ1) is 15.7. The molecule has 1 rings (SSSR count). The van der Waals surface area contributed by atoms with Gasteiger partial charge in [0, 0.05) is 26.2 Å². The van der Waals surface area contributed by atoms with Crippen molar-refractivity contribution in [2.45, 2.75) is 33.2 Å². The summed E-state index contributed by atoms with van der Waals surface area (Å²) >= 11 is 0. The predicted molar refractivity (Wildman–Crippen MR) is 77.9 cm³/mol. The van der Waals surface area contributed by atoms with Gasteiger partial charge < -0.3 is 9.64 Å². The number of nitrogens with zero attached hydrogens (tertiary/aromatic N) is 1. The quantitative estimate of drug-likeness (QED) is 0.788. The minimum atomic E-state index is -0.395. The lowest BCUT2D eigenvalue weighted by molar-refractivity contribution is -0.142. The second kappa shape index (κ2) is 6.71. The summed E-state index contributed by atoms with van der Waals surface area (Å²) in [7, 11) is 3.53. The number of carbonyl (C=O) groups is 1. The van der Waals surface area contributed by atoms with Crippen molar-refractivity contribution >= 4 is 5.91 Å². The average Bonchev–Trinajstić information content (AvgIpc) is 2.43. The first-order chi connectivity index (χ1) is 8.90. The smallest absolute Gasteiger partial charge is 0.228 e. The van der Waals surface area contributed by atoms with Gasteiger partial charge in [0.15, 0.2) is 0 Å². The molecule has 0 aromatic heterocycles. The molecule has 0 N–H and O–H groups in total. The van der Waals surface area contributed by atoms with Gasteiger partial charge in [0.1, 0.15) is 0 Å². The molecule has 0 fully saturated rings. The van der Waals surface area contributed by atoms with E-state index in [-0.39, 0.29) is 11.9 Å². The highest BCUT2D eigenvalue weighted by Crippen LogP contribution is 2.28. The van der Waals surface area contributed by atoms with Gasteiger partial charge in [0.05, 0.1) is 6.04 Å². The van der Waals surface area contributed by atoms with Crippen LogP contribution in [0.4, 0.5) is 0 Å². The molecule has 0 aliphatic heterocycles. The fraction of sp³-hybridized carbons (Fsp3) is 0.562. The number of hydrogen-bond acceptors (Lipinski definition) is 2. The Morgan fingerprint density at radius 2 is 1.89 bits per heavy atom. The van der Waals surface area contributed by atoms with E-state index in [0.717, 1.165) is 12.0 Å². The molecule has 1 amide bonds. The Labute approximate surface area is 116 Å². The highest BCUT2D eigenvalue weighted by Gasteiger charge is 2.32. The molecule has 0 spiro atoms. The monoisotopic (exact) mass is 263 g/mol. The number of methoxy groups -OCH3 is 1. The van der Waals surface area contributed by atoms with E-state index in [0.29, 0.717) is 6.61 Å². The van der Waals surface area contributed by atoms with Crippen LogP contribution in [0.3, 0.4) is 0 Å². The van der Waals surface area contributed by atoms with E-state index in [2.05, 4.69) is 19.1 Å². The molecule has 1 aromatic rings. The van der Waals surface area contributed by atoms with Crippen LogP contribution < -0.4 is 0 Å². The minimum Gasteiger partial charge on any atom is -0.385 e. The summed E-state index contributed by atoms with van der Waals surface area (Å²) in [5, 5.41) is 0. The van der Waals surface area contributed by atoms with Gasteiger partial charge in [0.25, 0.3) is 0 Å². The third-order valence-electron chi connectivity index (χ3n) is 3.69. The van der Waals surface area contributed by atoms with Crippen LogP contribution in [-0.4, -0.2) is 31.6 Å². The maximum absolute atomic E-state index is 12.6. The Morgan fingerprint density at radius 1 is 1.32 bits per heavy atom. The maximum Gasteiger partial charge on any atom is 0.228 e. The highest BCUT2D eigenvalue weighted by molar-refractivity contribution is 5.82. The fourth-order valence-electron chi connectivity index (χ4n) is 2.07. The van der Waals surface area contributed by atoms with E-state index in [1.165, 1.54) is 0 Å². The van der Waals surface area contributed by atoms with Gasteiger partial charge in [-0.1, -0.05) is 44.2 Å². The zero-order chi connectivity index (χ0) is 14.5. The third kappa shape index (κ3) is 4.06. The van der Waals surface area contributed by atoms with E-state index in [1.807, 2.05) is 44.0 Å². The lowest BCUT2D eigenvalue weighted by Gasteiger charge is -2.33. The van der Waals surface area contributed by atoms with E-state index in [1.54, 1.807) is 7.11 Å². The van der Waals surface area contributed by atoms with E-state index in [4.69, 9.17) is 4.74 Å². The molecule has 3 nitrogen and oxygen atoms in total. The van der Waals surface area contributed by atoms with Gasteiger partial charge in [-0.25, -0.2) is 0 Å². The van der Waals surface area contributed by atoms with Crippen molar-refractivity contribution in [3.05, 3.63) is 35.9 Å². The Balaban J connectivity index is 2.76. The number of benzene rings is 1. The third-order valence-corrected chi connectivity index (χ3v) is 3.69. The minimum absolute atomic E-state index is 0.0792. The molecule has 3 heteroatoms. The Kier molecular flexibility index (Phi) is 5.55. The molecule has 0 heterocycles. The molecule has 19 heavy (non-hydrogen) atoms. The first-order valence-corrected chi connectivity index (χ1v) is 6.71. The Morgan fingerprint density at radius 3 is 2.42 bits per heavy atom. The summed E-state index contributed by atoms with van der Waals surface area (Å²) in [6, 6.07) is 10.2. The number of ether oxygens (including phenoxy) is 1. The second-order valence-electron chi connectivity index (χ2n) is 5.63. The first-order valence-electron chi connectivity index (χ1n) is 6.71. The van der Waals surface area contributed by atoms with Crippen LogP contribution >= 0.6 is 0 Å². The summed E-state index contributed by atoms with van der Waals surface area (Å²) in [4.78, 5) is 14.4. The number of amides is 1. The highest BCUT2D eigenvalue weighted by atomic mass is 16.5. The van der Waals surface area contributed by atoms with Crippen molar-refractivity contribution in [2.24, 2.45) is 5.41 Å². The second-order valence-corrected chi connectivity index (χ2v) is 5.63. The molecule has 0 bridgehead atoms. The molecule has 0 aliphatic rings. The normalized spacial score (nSPS) is 13.1. The van der Waals surface area contributed by atoms with Crippen LogP contribution in [-0.2, 0) is 9.53 Å². The van der Waals surface area contributed by atoms with Gasteiger partial charge in [-0.15, -0.1) is 0 Å². The summed E-state index contributed by atoms with van der Waals surface area (Å²) < 4.78 is 5.08. The van der Waals surface area contributed by atoms with Crippen LogP contribution in [0.2, 0.25) is 0 Å². The van der Waals surface area contributed by atoms with Crippen LogP contribution in [0.5, 0.6) is 0 Å². The molecule has 1 aromatic carbocycles.